The van der Waals surface area contributed by atoms with Gasteiger partial charge in [-0.3, -0.25) is 24.3 Å². The fourth-order valence-electron chi connectivity index (χ4n) is 7.45. The Kier molecular flexibility index (Phi) is 7.29. The Balaban J connectivity index is 0.888. The molecule has 4 aromatic rings. The van der Waals surface area contributed by atoms with Crippen LogP contribution in [0.25, 0.3) is 33.4 Å². The second-order valence-electron chi connectivity index (χ2n) is 12.9. The maximum atomic E-state index is 13.9. The Morgan fingerprint density at radius 3 is 2.61 bits per heavy atom. The highest BCUT2D eigenvalue weighted by atomic mass is 16.5. The molecule has 1 spiro atoms. The number of nitrogens with one attached hydrogen (secondary N) is 1. The molecule has 2 aromatic carbocycles. The number of benzene rings is 2. The van der Waals surface area contributed by atoms with Crippen LogP contribution in [0.5, 0.6) is 0 Å². The summed E-state index contributed by atoms with van der Waals surface area (Å²) in [6.07, 6.45) is 9.20. The zero-order chi connectivity index (χ0) is 31.3. The third-order valence-electron chi connectivity index (χ3n) is 10.1. The van der Waals surface area contributed by atoms with Crippen LogP contribution in [-0.2, 0) is 21.4 Å². The van der Waals surface area contributed by atoms with Crippen LogP contribution in [0.4, 0.5) is 5.69 Å². The van der Waals surface area contributed by atoms with Gasteiger partial charge in [-0.2, -0.15) is 10.2 Å². The lowest BCUT2D eigenvalue weighted by Gasteiger charge is -2.29. The minimum Gasteiger partial charge on any atom is -0.377 e. The predicted molar refractivity (Wildman–Crippen MR) is 176 cm³/mol. The Labute approximate surface area is 267 Å². The van der Waals surface area contributed by atoms with Gasteiger partial charge in [0.1, 0.15) is 6.33 Å². The van der Waals surface area contributed by atoms with Gasteiger partial charge in [-0.15, -0.1) is 0 Å². The van der Waals surface area contributed by atoms with Crippen molar-refractivity contribution in [1.29, 1.82) is 0 Å². The topological polar surface area (TPSA) is 112 Å². The Morgan fingerprint density at radius 1 is 1.00 bits per heavy atom. The number of hydrogen-bond acceptors (Lipinski definition) is 7. The van der Waals surface area contributed by atoms with Gasteiger partial charge in [0, 0.05) is 49.9 Å². The number of rotatable bonds is 6. The highest BCUT2D eigenvalue weighted by Crippen LogP contribution is 2.43. The van der Waals surface area contributed by atoms with Crippen molar-refractivity contribution < 1.29 is 14.3 Å². The van der Waals surface area contributed by atoms with Crippen LogP contribution in [0.15, 0.2) is 60.9 Å². The molecule has 0 saturated carbocycles. The number of aromatic amines is 1. The molecule has 4 aliphatic rings. The molecule has 0 radical (unpaired) electrons. The van der Waals surface area contributed by atoms with E-state index in [1.165, 1.54) is 16.7 Å². The fourth-order valence-corrected chi connectivity index (χ4v) is 7.45. The monoisotopic (exact) mass is 618 g/mol. The molecule has 2 amide bonds. The van der Waals surface area contributed by atoms with E-state index in [1.54, 1.807) is 11.0 Å². The van der Waals surface area contributed by atoms with Crippen molar-refractivity contribution in [2.24, 2.45) is 12.5 Å². The number of likely N-dealkylation sites (tertiary alicyclic amines) is 1. The van der Waals surface area contributed by atoms with E-state index in [0.717, 1.165) is 60.1 Å². The molecule has 6 heterocycles. The van der Waals surface area contributed by atoms with Crippen LogP contribution in [0.3, 0.4) is 0 Å². The summed E-state index contributed by atoms with van der Waals surface area (Å²) >= 11 is 0. The van der Waals surface area contributed by atoms with Crippen molar-refractivity contribution in [2.75, 3.05) is 57.4 Å². The smallest absolute Gasteiger partial charge is 0.237 e. The first kappa shape index (κ1) is 28.8. The zero-order valence-corrected chi connectivity index (χ0v) is 26.1. The zero-order valence-electron chi connectivity index (χ0n) is 26.1. The summed E-state index contributed by atoms with van der Waals surface area (Å²) in [7, 11) is 1.86. The van der Waals surface area contributed by atoms with Crippen molar-refractivity contribution in [3.8, 4) is 11.4 Å². The standard InChI is InChI=1S/C35H38N8O3/c1-40-23-36-33(39-40)27-4-2-24(3-5-27)25-8-14-42(15-9-25)31(44)21-41-16-12-35(22-41)13-17-43(34(35)45)28-6-7-30-29(20-28)32(38-37-30)26-10-18-46-19-11-26/h2-8,10,20,23H,9,11-19,21-22H2,1H3,(H,37,38). The van der Waals surface area contributed by atoms with E-state index in [9.17, 15) is 9.59 Å². The lowest BCUT2D eigenvalue weighted by molar-refractivity contribution is -0.132. The van der Waals surface area contributed by atoms with Crippen molar-refractivity contribution in [1.82, 2.24) is 34.8 Å². The lowest BCUT2D eigenvalue weighted by Crippen LogP contribution is -2.43. The first-order chi connectivity index (χ1) is 22.5. The Bertz CT molecular complexity index is 1870. The van der Waals surface area contributed by atoms with Crippen molar-refractivity contribution in [2.45, 2.75) is 25.7 Å². The SMILES string of the molecule is Cn1cnc(-c2ccc(C3=CCN(C(=O)CN4CCC5(CCN(c6ccc7[nH]nc(C8=CCOCC8)c7c6)C5=O)C4)CC3)cc2)n1. The van der Waals surface area contributed by atoms with Crippen molar-refractivity contribution in [3.63, 3.8) is 0 Å². The molecule has 2 fully saturated rings. The number of carbonyl (C=O) groups excluding carboxylic acids is 2. The number of nitrogens with zero attached hydrogens (tertiary/aromatic N) is 7. The van der Waals surface area contributed by atoms with E-state index in [-0.39, 0.29) is 11.8 Å². The highest BCUT2D eigenvalue weighted by Gasteiger charge is 2.51. The normalized spacial score (nSPS) is 22.2. The second kappa shape index (κ2) is 11.6. The number of amides is 2. The maximum Gasteiger partial charge on any atom is 0.237 e. The molecular formula is C35H38N8O3. The number of carbonyl (C=O) groups is 2. The average Bonchev–Trinajstić information content (AvgIpc) is 3.89. The highest BCUT2D eigenvalue weighted by molar-refractivity contribution is 6.02. The number of hydrogen-bond donors (Lipinski definition) is 1. The molecule has 46 heavy (non-hydrogen) atoms. The summed E-state index contributed by atoms with van der Waals surface area (Å²) in [6.45, 7) is 5.04. The van der Waals surface area contributed by atoms with Crippen molar-refractivity contribution in [3.05, 3.63) is 72.2 Å². The Morgan fingerprint density at radius 2 is 1.85 bits per heavy atom. The van der Waals surface area contributed by atoms with Gasteiger partial charge in [0.2, 0.25) is 11.8 Å². The molecule has 0 bridgehead atoms. The number of fused-ring (bicyclic) bond motifs is 1. The van der Waals surface area contributed by atoms with Gasteiger partial charge in [0.25, 0.3) is 0 Å². The molecule has 1 unspecified atom stereocenters. The van der Waals surface area contributed by atoms with Crippen LogP contribution in [-0.4, -0.2) is 99.1 Å². The minimum atomic E-state index is -0.427. The number of anilines is 1. The summed E-state index contributed by atoms with van der Waals surface area (Å²) < 4.78 is 7.18. The third-order valence-corrected chi connectivity index (χ3v) is 10.1. The Hall–Kier alpha value is -4.61. The lowest BCUT2D eigenvalue weighted by atomic mass is 9.85. The van der Waals surface area contributed by atoms with Gasteiger partial charge in [-0.05, 0) is 67.1 Å². The van der Waals surface area contributed by atoms with E-state index in [1.807, 2.05) is 29.0 Å². The van der Waals surface area contributed by atoms with E-state index in [4.69, 9.17) is 4.74 Å². The van der Waals surface area contributed by atoms with Crippen LogP contribution in [0.2, 0.25) is 0 Å². The second-order valence-corrected chi connectivity index (χ2v) is 12.9. The first-order valence-corrected chi connectivity index (χ1v) is 16.2. The predicted octanol–water partition coefficient (Wildman–Crippen LogP) is 3.91. The largest absolute Gasteiger partial charge is 0.377 e. The molecule has 1 atom stereocenters. The van der Waals surface area contributed by atoms with E-state index >= 15 is 0 Å². The van der Waals surface area contributed by atoms with Crippen molar-refractivity contribution >= 4 is 39.6 Å². The van der Waals surface area contributed by atoms with Crippen LogP contribution in [0, 0.1) is 5.41 Å². The molecule has 8 rings (SSSR count). The van der Waals surface area contributed by atoms with Gasteiger partial charge in [-0.25, -0.2) is 4.98 Å². The number of aryl methyl sites for hydroxylation is 1. The molecule has 2 aromatic heterocycles. The molecule has 11 nitrogen and oxygen atoms in total. The van der Waals surface area contributed by atoms with E-state index in [0.29, 0.717) is 51.8 Å². The third kappa shape index (κ3) is 5.23. The first-order valence-electron chi connectivity index (χ1n) is 16.2. The molecule has 4 aliphatic heterocycles. The van der Waals surface area contributed by atoms with Crippen LogP contribution < -0.4 is 4.90 Å². The van der Waals surface area contributed by atoms with Crippen LogP contribution >= 0.6 is 0 Å². The van der Waals surface area contributed by atoms with Gasteiger partial charge < -0.3 is 14.5 Å². The molecule has 11 heteroatoms. The summed E-state index contributed by atoms with van der Waals surface area (Å²) in [5, 5.41) is 13.1. The maximum absolute atomic E-state index is 13.9. The number of ether oxygens (including phenoxy) is 1. The summed E-state index contributed by atoms with van der Waals surface area (Å²) in [5.41, 5.74) is 7.00. The number of aromatic nitrogens is 5. The quantitative estimate of drug-likeness (QED) is 0.349. The minimum absolute atomic E-state index is 0.131. The van der Waals surface area contributed by atoms with Gasteiger partial charge in [0.15, 0.2) is 5.82 Å². The average molecular weight is 619 g/mol. The van der Waals surface area contributed by atoms with Gasteiger partial charge in [-0.1, -0.05) is 36.4 Å². The molecular weight excluding hydrogens is 580 g/mol. The molecule has 0 aliphatic carbocycles. The summed E-state index contributed by atoms with van der Waals surface area (Å²) in [4.78, 5) is 37.7. The fraction of sp³-hybridized carbons (Fsp3) is 0.400. The molecule has 2 saturated heterocycles. The van der Waals surface area contributed by atoms with Gasteiger partial charge >= 0.3 is 0 Å². The molecule has 1 N–H and O–H groups in total. The summed E-state index contributed by atoms with van der Waals surface area (Å²) in [6, 6.07) is 14.5. The van der Waals surface area contributed by atoms with Crippen LogP contribution in [0.1, 0.15) is 36.9 Å². The molecule has 236 valence electrons. The number of H-pyrrole nitrogens is 1. The van der Waals surface area contributed by atoms with E-state index in [2.05, 4.69) is 67.7 Å². The van der Waals surface area contributed by atoms with E-state index < -0.39 is 5.41 Å². The van der Waals surface area contributed by atoms with Gasteiger partial charge in [0.05, 0.1) is 36.4 Å². The summed E-state index contributed by atoms with van der Waals surface area (Å²) in [5.74, 6) is 1.02.